The van der Waals surface area contributed by atoms with Gasteiger partial charge < -0.3 is 14.3 Å². The van der Waals surface area contributed by atoms with Crippen molar-refractivity contribution in [1.29, 1.82) is 5.26 Å². The fourth-order valence-corrected chi connectivity index (χ4v) is 1.85. The number of hydrogen-bond acceptors (Lipinski definition) is 7. The zero-order chi connectivity index (χ0) is 14.5. The van der Waals surface area contributed by atoms with E-state index >= 15 is 0 Å². The van der Waals surface area contributed by atoms with Gasteiger partial charge in [-0.3, -0.25) is 0 Å². The van der Waals surface area contributed by atoms with Gasteiger partial charge in [0.1, 0.15) is 6.07 Å². The van der Waals surface area contributed by atoms with Crippen molar-refractivity contribution in [1.82, 2.24) is 4.98 Å². The van der Waals surface area contributed by atoms with Crippen LogP contribution in [-0.4, -0.2) is 23.4 Å². The molecule has 0 aliphatic carbocycles. The van der Waals surface area contributed by atoms with Gasteiger partial charge in [0.15, 0.2) is 17.9 Å². The van der Waals surface area contributed by atoms with Crippen LogP contribution in [0, 0.1) is 11.3 Å². The molecule has 0 radical (unpaired) electrons. The van der Waals surface area contributed by atoms with Crippen molar-refractivity contribution in [3.8, 4) is 17.6 Å². The molecular weight excluding hydrogens is 328 g/mol. The summed E-state index contributed by atoms with van der Waals surface area (Å²) in [6, 6.07) is 5.13. The van der Waals surface area contributed by atoms with Crippen LogP contribution in [0.3, 0.4) is 0 Å². The molecule has 1 aromatic heterocycles. The molecule has 2 rings (SSSR count). The zero-order valence-corrected chi connectivity index (χ0v) is 11.9. The van der Waals surface area contributed by atoms with Crippen LogP contribution < -0.4 is 10.2 Å². The van der Waals surface area contributed by atoms with E-state index in [0.29, 0.717) is 15.8 Å². The Kier molecular flexibility index (Phi) is 4.22. The van der Waals surface area contributed by atoms with E-state index in [1.807, 2.05) is 6.07 Å². The van der Waals surface area contributed by atoms with Crippen molar-refractivity contribution in [3.63, 3.8) is 0 Å². The van der Waals surface area contributed by atoms with Crippen molar-refractivity contribution < 1.29 is 14.3 Å². The van der Waals surface area contributed by atoms with Gasteiger partial charge in [0.05, 0.1) is 17.8 Å². The molecule has 2 aromatic rings. The van der Waals surface area contributed by atoms with Crippen LogP contribution >= 0.6 is 15.9 Å². The maximum absolute atomic E-state index is 9.67. The second kappa shape index (κ2) is 6.08. The molecule has 0 spiro atoms. The van der Waals surface area contributed by atoms with Gasteiger partial charge in [0, 0.05) is 0 Å². The number of anilines is 1. The third-order valence-corrected chi connectivity index (χ3v) is 2.93. The van der Waals surface area contributed by atoms with E-state index in [1.165, 1.54) is 13.3 Å². The molecule has 0 bridgehead atoms. The molecule has 102 valence electrons. The van der Waals surface area contributed by atoms with E-state index in [9.17, 15) is 5.11 Å². The average molecular weight is 337 g/mol. The third-order valence-electron chi connectivity index (χ3n) is 2.32. The van der Waals surface area contributed by atoms with E-state index in [4.69, 9.17) is 14.4 Å². The number of nitrogens with zero attached hydrogens (tertiary/aromatic N) is 3. The number of phenolic OH excluding ortho intramolecular Hbond substituents is 1. The van der Waals surface area contributed by atoms with Crippen LogP contribution in [0.5, 0.6) is 11.5 Å². The van der Waals surface area contributed by atoms with Crippen molar-refractivity contribution in [3.05, 3.63) is 34.3 Å². The molecule has 7 nitrogen and oxygen atoms in total. The minimum Gasteiger partial charge on any atom is -0.503 e. The average Bonchev–Trinajstić information content (AvgIpc) is 2.90. The van der Waals surface area contributed by atoms with Gasteiger partial charge in [0.2, 0.25) is 5.69 Å². The Bertz CT molecular complexity index is 690. The lowest BCUT2D eigenvalue weighted by atomic mass is 10.2. The van der Waals surface area contributed by atoms with E-state index in [2.05, 4.69) is 31.4 Å². The van der Waals surface area contributed by atoms with Gasteiger partial charge in [-0.25, -0.2) is 10.4 Å². The van der Waals surface area contributed by atoms with Gasteiger partial charge >= 0.3 is 0 Å². The molecule has 8 heteroatoms. The molecule has 0 aliphatic rings. The molecular formula is C12H9BrN4O3. The molecule has 2 N–H and O–H groups in total. The smallest absolute Gasteiger partial charge is 0.251 e. The number of hydrogen-bond donors (Lipinski definition) is 2. The highest BCUT2D eigenvalue weighted by atomic mass is 79.9. The van der Waals surface area contributed by atoms with Crippen LogP contribution in [0.4, 0.5) is 5.88 Å². The first kappa shape index (κ1) is 13.9. The minimum absolute atomic E-state index is 0.0135. The highest BCUT2D eigenvalue weighted by Gasteiger charge is 2.08. The third kappa shape index (κ3) is 2.89. The fourth-order valence-electron chi connectivity index (χ4n) is 1.39. The maximum atomic E-state index is 9.67. The van der Waals surface area contributed by atoms with Gasteiger partial charge in [-0.15, -0.1) is 0 Å². The highest BCUT2D eigenvalue weighted by Crippen LogP contribution is 2.34. The van der Waals surface area contributed by atoms with E-state index < -0.39 is 0 Å². The first-order valence-electron chi connectivity index (χ1n) is 5.35. The quantitative estimate of drug-likeness (QED) is 0.656. The number of halogens is 1. The van der Waals surface area contributed by atoms with Crippen molar-refractivity contribution in [2.45, 2.75) is 0 Å². The molecule has 0 aliphatic heterocycles. The van der Waals surface area contributed by atoms with Crippen LogP contribution in [-0.2, 0) is 0 Å². The van der Waals surface area contributed by atoms with Crippen LogP contribution in [0.1, 0.15) is 11.3 Å². The number of nitriles is 1. The Labute approximate surface area is 122 Å². The summed E-state index contributed by atoms with van der Waals surface area (Å²) in [6.45, 7) is 0. The second-order valence-electron chi connectivity index (χ2n) is 3.57. The normalized spacial score (nSPS) is 10.4. The summed E-state index contributed by atoms with van der Waals surface area (Å²) in [6.07, 6.45) is 2.63. The van der Waals surface area contributed by atoms with Crippen molar-refractivity contribution >= 4 is 28.0 Å². The van der Waals surface area contributed by atoms with E-state index in [-0.39, 0.29) is 17.3 Å². The molecule has 0 saturated heterocycles. The van der Waals surface area contributed by atoms with Gasteiger partial charge in [-0.05, 0) is 33.6 Å². The number of methoxy groups -OCH3 is 1. The monoisotopic (exact) mass is 336 g/mol. The number of oxazole rings is 1. The number of aromatic hydroxyl groups is 1. The number of rotatable bonds is 4. The molecule has 0 amide bonds. The first-order valence-corrected chi connectivity index (χ1v) is 6.14. The number of nitrogens with one attached hydrogen (secondary N) is 1. The standard InChI is InChI=1S/C12H9BrN4O3/c1-19-10-3-7(2-8(13)11(10)18)5-16-17-12-9(4-14)15-6-20-12/h2-3,5-6,17-18H,1H3/b16-5-. The first-order chi connectivity index (χ1) is 9.65. The summed E-state index contributed by atoms with van der Waals surface area (Å²) in [7, 11) is 1.45. The highest BCUT2D eigenvalue weighted by molar-refractivity contribution is 9.10. The van der Waals surface area contributed by atoms with Gasteiger partial charge in [-0.1, -0.05) is 0 Å². The minimum atomic E-state index is 0.0135. The summed E-state index contributed by atoms with van der Waals surface area (Å²) in [4.78, 5) is 3.69. The molecule has 0 saturated carbocycles. The topological polar surface area (TPSA) is 104 Å². The summed E-state index contributed by atoms with van der Waals surface area (Å²) in [5.41, 5.74) is 3.36. The Morgan fingerprint density at radius 2 is 2.40 bits per heavy atom. The Morgan fingerprint density at radius 1 is 1.60 bits per heavy atom. The van der Waals surface area contributed by atoms with E-state index in [1.54, 1.807) is 12.1 Å². The summed E-state index contributed by atoms with van der Waals surface area (Å²) >= 11 is 3.21. The molecule has 0 fully saturated rings. The predicted octanol–water partition coefficient (Wildman–Crippen LogP) is 2.47. The SMILES string of the molecule is COc1cc(/C=N\Nc2ocnc2C#N)cc(Br)c1O. The summed E-state index contributed by atoms with van der Waals surface area (Å²) < 4.78 is 10.5. The molecule has 1 heterocycles. The Hall–Kier alpha value is -2.53. The lowest BCUT2D eigenvalue weighted by molar-refractivity contribution is 0.372. The van der Waals surface area contributed by atoms with Crippen molar-refractivity contribution in [2.75, 3.05) is 12.5 Å². The number of hydrazone groups is 1. The van der Waals surface area contributed by atoms with Gasteiger partial charge in [-0.2, -0.15) is 10.4 Å². The predicted molar refractivity (Wildman–Crippen MR) is 74.8 cm³/mol. The molecule has 0 unspecified atom stereocenters. The number of aromatic nitrogens is 1. The van der Waals surface area contributed by atoms with Crippen LogP contribution in [0.15, 0.2) is 32.5 Å². The van der Waals surface area contributed by atoms with Crippen LogP contribution in [0.2, 0.25) is 0 Å². The second-order valence-corrected chi connectivity index (χ2v) is 4.42. The van der Waals surface area contributed by atoms with Crippen molar-refractivity contribution in [2.24, 2.45) is 5.10 Å². The molecule has 0 atom stereocenters. The van der Waals surface area contributed by atoms with Gasteiger partial charge in [0.25, 0.3) is 5.88 Å². The van der Waals surface area contributed by atoms with E-state index in [0.717, 1.165) is 6.39 Å². The lowest BCUT2D eigenvalue weighted by Crippen LogP contribution is -1.93. The largest absolute Gasteiger partial charge is 0.503 e. The number of phenols is 1. The zero-order valence-electron chi connectivity index (χ0n) is 10.3. The molecule has 20 heavy (non-hydrogen) atoms. The van der Waals surface area contributed by atoms with Crippen LogP contribution in [0.25, 0.3) is 0 Å². The number of ether oxygens (including phenoxy) is 1. The Morgan fingerprint density at radius 3 is 3.10 bits per heavy atom. The summed E-state index contributed by atoms with van der Waals surface area (Å²) in [5, 5.41) is 22.3. The summed E-state index contributed by atoms with van der Waals surface area (Å²) in [5.74, 6) is 0.492. The maximum Gasteiger partial charge on any atom is 0.251 e. The Balaban J connectivity index is 2.16. The lowest BCUT2D eigenvalue weighted by Gasteiger charge is -2.06. The number of benzene rings is 1. The fraction of sp³-hybridized carbons (Fsp3) is 0.0833. The molecule has 1 aromatic carbocycles.